The fourth-order valence-electron chi connectivity index (χ4n) is 1.89. The van der Waals surface area contributed by atoms with Crippen LogP contribution in [-0.2, 0) is 6.54 Å². The highest BCUT2D eigenvalue weighted by Gasteiger charge is 2.05. The Morgan fingerprint density at radius 2 is 2.20 bits per heavy atom. The second-order valence-electron chi connectivity index (χ2n) is 3.81. The van der Waals surface area contributed by atoms with Crippen LogP contribution in [0.25, 0.3) is 10.9 Å². The summed E-state index contributed by atoms with van der Waals surface area (Å²) in [5, 5.41) is 2.03. The molecule has 80 valence electrons. The molecule has 2 rings (SSSR count). The van der Waals surface area contributed by atoms with Gasteiger partial charge in [0.15, 0.2) is 0 Å². The molecule has 0 fully saturated rings. The SMILES string of the molecule is Cc1cn(CCCN)c2ccc(Cl)cc12. The van der Waals surface area contributed by atoms with Gasteiger partial charge in [-0.05, 0) is 43.7 Å². The van der Waals surface area contributed by atoms with Crippen LogP contribution in [0.3, 0.4) is 0 Å². The van der Waals surface area contributed by atoms with Crippen molar-refractivity contribution in [1.29, 1.82) is 0 Å². The maximum atomic E-state index is 5.97. The highest BCUT2D eigenvalue weighted by Crippen LogP contribution is 2.24. The number of nitrogens with zero attached hydrogens (tertiary/aromatic N) is 1. The number of hydrogen-bond donors (Lipinski definition) is 1. The Hall–Kier alpha value is -0.990. The third-order valence-electron chi connectivity index (χ3n) is 2.65. The second kappa shape index (κ2) is 4.25. The molecule has 0 radical (unpaired) electrons. The molecule has 0 aliphatic rings. The Kier molecular flexibility index (Phi) is 2.98. The molecule has 0 unspecified atom stereocenters. The molecule has 0 amide bonds. The summed E-state index contributed by atoms with van der Waals surface area (Å²) in [5.41, 5.74) is 8.03. The number of fused-ring (bicyclic) bond motifs is 1. The molecular formula is C12H15ClN2. The zero-order valence-electron chi connectivity index (χ0n) is 8.83. The van der Waals surface area contributed by atoms with E-state index < -0.39 is 0 Å². The molecule has 0 atom stereocenters. The monoisotopic (exact) mass is 222 g/mol. The largest absolute Gasteiger partial charge is 0.347 e. The molecule has 0 aliphatic heterocycles. The highest BCUT2D eigenvalue weighted by molar-refractivity contribution is 6.31. The predicted molar refractivity (Wildman–Crippen MR) is 65.4 cm³/mol. The third-order valence-corrected chi connectivity index (χ3v) is 2.88. The summed E-state index contributed by atoms with van der Waals surface area (Å²) in [7, 11) is 0. The average Bonchev–Trinajstić information content (AvgIpc) is 2.53. The van der Waals surface area contributed by atoms with Crippen LogP contribution in [-0.4, -0.2) is 11.1 Å². The zero-order chi connectivity index (χ0) is 10.8. The fourth-order valence-corrected chi connectivity index (χ4v) is 2.07. The molecule has 0 saturated carbocycles. The summed E-state index contributed by atoms with van der Waals surface area (Å²) in [6.45, 7) is 3.81. The molecule has 15 heavy (non-hydrogen) atoms. The Morgan fingerprint density at radius 3 is 2.93 bits per heavy atom. The lowest BCUT2D eigenvalue weighted by molar-refractivity contribution is 0.670. The molecule has 0 spiro atoms. The summed E-state index contributed by atoms with van der Waals surface area (Å²) < 4.78 is 2.24. The zero-order valence-corrected chi connectivity index (χ0v) is 9.59. The van der Waals surface area contributed by atoms with Crippen molar-refractivity contribution in [2.24, 2.45) is 5.73 Å². The first-order valence-corrected chi connectivity index (χ1v) is 5.55. The van der Waals surface area contributed by atoms with Crippen LogP contribution in [0.5, 0.6) is 0 Å². The number of halogens is 1. The van der Waals surface area contributed by atoms with Crippen LogP contribution in [0.4, 0.5) is 0 Å². The normalized spacial score (nSPS) is 11.1. The van der Waals surface area contributed by atoms with E-state index in [9.17, 15) is 0 Å². The standard InChI is InChI=1S/C12H15ClN2/c1-9-8-15(6-2-5-14)12-4-3-10(13)7-11(9)12/h3-4,7-8H,2,5-6,14H2,1H3. The maximum absolute atomic E-state index is 5.97. The summed E-state index contributed by atoms with van der Waals surface area (Å²) in [5.74, 6) is 0. The van der Waals surface area contributed by atoms with E-state index >= 15 is 0 Å². The molecule has 2 N–H and O–H groups in total. The van der Waals surface area contributed by atoms with Crippen LogP contribution < -0.4 is 5.73 Å². The van der Waals surface area contributed by atoms with Crippen molar-refractivity contribution in [2.75, 3.05) is 6.54 Å². The van der Waals surface area contributed by atoms with E-state index in [1.54, 1.807) is 0 Å². The van der Waals surface area contributed by atoms with Crippen molar-refractivity contribution in [3.63, 3.8) is 0 Å². The third kappa shape index (κ3) is 2.01. The molecule has 3 heteroatoms. The van der Waals surface area contributed by atoms with Crippen molar-refractivity contribution < 1.29 is 0 Å². The minimum absolute atomic E-state index is 0.728. The molecule has 1 aromatic heterocycles. The summed E-state index contributed by atoms with van der Waals surface area (Å²) in [6.07, 6.45) is 3.17. The second-order valence-corrected chi connectivity index (χ2v) is 4.25. The highest BCUT2D eigenvalue weighted by atomic mass is 35.5. The number of rotatable bonds is 3. The smallest absolute Gasteiger partial charge is 0.0484 e. The van der Waals surface area contributed by atoms with Crippen LogP contribution in [0.2, 0.25) is 5.02 Å². The number of aromatic nitrogens is 1. The minimum Gasteiger partial charge on any atom is -0.347 e. The quantitative estimate of drug-likeness (QED) is 0.851. The molecule has 2 aromatic rings. The van der Waals surface area contributed by atoms with E-state index in [-0.39, 0.29) is 0 Å². The van der Waals surface area contributed by atoms with Crippen molar-refractivity contribution >= 4 is 22.5 Å². The predicted octanol–water partition coefficient (Wildman–Crippen LogP) is 2.95. The van der Waals surface area contributed by atoms with Crippen molar-refractivity contribution in [1.82, 2.24) is 4.57 Å². The van der Waals surface area contributed by atoms with E-state index in [1.165, 1.54) is 16.5 Å². The molecule has 0 bridgehead atoms. The van der Waals surface area contributed by atoms with Crippen LogP contribution in [0, 0.1) is 6.92 Å². The van der Waals surface area contributed by atoms with E-state index in [1.807, 2.05) is 12.1 Å². The Morgan fingerprint density at radius 1 is 1.40 bits per heavy atom. The molecular weight excluding hydrogens is 208 g/mol. The maximum Gasteiger partial charge on any atom is 0.0484 e. The first kappa shape index (κ1) is 10.5. The van der Waals surface area contributed by atoms with Crippen molar-refractivity contribution in [3.05, 3.63) is 35.0 Å². The fraction of sp³-hybridized carbons (Fsp3) is 0.333. The van der Waals surface area contributed by atoms with Crippen molar-refractivity contribution in [3.8, 4) is 0 Å². The lowest BCUT2D eigenvalue weighted by Gasteiger charge is -2.03. The van der Waals surface area contributed by atoms with E-state index in [4.69, 9.17) is 17.3 Å². The molecule has 0 aliphatic carbocycles. The number of benzene rings is 1. The Bertz CT molecular complexity index is 474. The van der Waals surface area contributed by atoms with Crippen LogP contribution in [0.1, 0.15) is 12.0 Å². The van der Waals surface area contributed by atoms with Gasteiger partial charge in [0.05, 0.1) is 0 Å². The van der Waals surface area contributed by atoms with E-state index in [0.717, 1.165) is 24.5 Å². The average molecular weight is 223 g/mol. The van der Waals surface area contributed by atoms with Gasteiger partial charge in [0.2, 0.25) is 0 Å². The van der Waals surface area contributed by atoms with Gasteiger partial charge in [-0.3, -0.25) is 0 Å². The lowest BCUT2D eigenvalue weighted by atomic mass is 10.2. The first-order valence-electron chi connectivity index (χ1n) is 5.17. The molecule has 1 heterocycles. The molecule has 2 nitrogen and oxygen atoms in total. The molecule has 0 saturated heterocycles. The molecule has 1 aromatic carbocycles. The van der Waals surface area contributed by atoms with Crippen molar-refractivity contribution in [2.45, 2.75) is 19.9 Å². The van der Waals surface area contributed by atoms with E-state index in [0.29, 0.717) is 0 Å². The van der Waals surface area contributed by atoms with Gasteiger partial charge >= 0.3 is 0 Å². The van der Waals surface area contributed by atoms with Crippen LogP contribution >= 0.6 is 11.6 Å². The van der Waals surface area contributed by atoms with Crippen LogP contribution in [0.15, 0.2) is 24.4 Å². The lowest BCUT2D eigenvalue weighted by Crippen LogP contribution is -2.04. The minimum atomic E-state index is 0.728. The van der Waals surface area contributed by atoms with Gasteiger partial charge in [0.1, 0.15) is 0 Å². The van der Waals surface area contributed by atoms with Gasteiger partial charge in [0.25, 0.3) is 0 Å². The number of aryl methyl sites for hydroxylation is 2. The summed E-state index contributed by atoms with van der Waals surface area (Å²) in [6, 6.07) is 6.02. The van der Waals surface area contributed by atoms with Gasteiger partial charge in [-0.15, -0.1) is 0 Å². The number of nitrogens with two attached hydrogens (primary N) is 1. The van der Waals surface area contributed by atoms with E-state index in [2.05, 4.69) is 23.8 Å². The summed E-state index contributed by atoms with van der Waals surface area (Å²) >= 11 is 5.97. The van der Waals surface area contributed by atoms with Gasteiger partial charge < -0.3 is 10.3 Å². The topological polar surface area (TPSA) is 30.9 Å². The van der Waals surface area contributed by atoms with Gasteiger partial charge in [0, 0.05) is 28.7 Å². The Labute approximate surface area is 94.6 Å². The first-order chi connectivity index (χ1) is 7.22. The van der Waals surface area contributed by atoms with Gasteiger partial charge in [-0.25, -0.2) is 0 Å². The van der Waals surface area contributed by atoms with Gasteiger partial charge in [-0.1, -0.05) is 11.6 Å². The van der Waals surface area contributed by atoms with Gasteiger partial charge in [-0.2, -0.15) is 0 Å². The summed E-state index contributed by atoms with van der Waals surface area (Å²) in [4.78, 5) is 0. The Balaban J connectivity index is 2.48. The number of hydrogen-bond acceptors (Lipinski definition) is 1.